The van der Waals surface area contributed by atoms with Crippen LogP contribution in [0.4, 0.5) is 0 Å². The van der Waals surface area contributed by atoms with Crippen molar-refractivity contribution in [2.45, 2.75) is 0 Å². The van der Waals surface area contributed by atoms with Gasteiger partial charge in [-0.3, -0.25) is 10.1 Å². The number of thiophene rings is 1. The van der Waals surface area contributed by atoms with Crippen molar-refractivity contribution in [1.82, 2.24) is 10.6 Å². The van der Waals surface area contributed by atoms with E-state index in [1.807, 2.05) is 11.4 Å². The number of carbonyl (C=O) groups excluding carboxylic acids is 1. The third-order valence-electron chi connectivity index (χ3n) is 1.59. The SMILES string of the molecule is O=C1NC(=S)N/C1=C\c1cc(Br)cs1. The first-order chi connectivity index (χ1) is 6.65. The minimum atomic E-state index is -0.181. The van der Waals surface area contributed by atoms with Gasteiger partial charge in [-0.15, -0.1) is 11.3 Å². The van der Waals surface area contributed by atoms with Gasteiger partial charge in [0, 0.05) is 14.7 Å². The lowest BCUT2D eigenvalue weighted by molar-refractivity contribution is -0.115. The van der Waals surface area contributed by atoms with Crippen LogP contribution < -0.4 is 10.6 Å². The number of rotatable bonds is 1. The number of hydrogen-bond acceptors (Lipinski definition) is 3. The zero-order valence-electron chi connectivity index (χ0n) is 6.83. The summed E-state index contributed by atoms with van der Waals surface area (Å²) in [6, 6.07) is 1.94. The third kappa shape index (κ3) is 2.02. The molecule has 2 rings (SSSR count). The molecule has 1 amide bonds. The van der Waals surface area contributed by atoms with Gasteiger partial charge in [0.1, 0.15) is 5.70 Å². The van der Waals surface area contributed by atoms with Gasteiger partial charge < -0.3 is 5.32 Å². The van der Waals surface area contributed by atoms with Gasteiger partial charge in [-0.25, -0.2) is 0 Å². The van der Waals surface area contributed by atoms with Crippen LogP contribution in [-0.2, 0) is 4.79 Å². The van der Waals surface area contributed by atoms with Crippen molar-refractivity contribution in [3.05, 3.63) is 26.5 Å². The second kappa shape index (κ2) is 3.80. The summed E-state index contributed by atoms with van der Waals surface area (Å²) < 4.78 is 1.01. The van der Waals surface area contributed by atoms with Crippen molar-refractivity contribution in [3.8, 4) is 0 Å². The first-order valence-electron chi connectivity index (χ1n) is 3.73. The van der Waals surface area contributed by atoms with E-state index < -0.39 is 0 Å². The van der Waals surface area contributed by atoms with Gasteiger partial charge in [0.25, 0.3) is 5.91 Å². The molecule has 1 aromatic heterocycles. The molecular weight excluding hydrogens is 284 g/mol. The number of nitrogens with one attached hydrogen (secondary N) is 2. The van der Waals surface area contributed by atoms with E-state index in [1.54, 1.807) is 17.4 Å². The van der Waals surface area contributed by atoms with E-state index in [9.17, 15) is 4.79 Å². The summed E-state index contributed by atoms with van der Waals surface area (Å²) in [4.78, 5) is 12.3. The van der Waals surface area contributed by atoms with Gasteiger partial charge >= 0.3 is 0 Å². The van der Waals surface area contributed by atoms with Gasteiger partial charge in [-0.2, -0.15) is 0 Å². The maximum Gasteiger partial charge on any atom is 0.273 e. The highest BCUT2D eigenvalue weighted by Crippen LogP contribution is 2.22. The normalized spacial score (nSPS) is 18.5. The molecule has 0 bridgehead atoms. The van der Waals surface area contributed by atoms with Crippen molar-refractivity contribution >= 4 is 56.6 Å². The Kier molecular flexibility index (Phi) is 2.66. The quantitative estimate of drug-likeness (QED) is 0.612. The summed E-state index contributed by atoms with van der Waals surface area (Å²) >= 11 is 9.70. The predicted octanol–water partition coefficient (Wildman–Crippen LogP) is 1.86. The molecule has 2 heterocycles. The van der Waals surface area contributed by atoms with E-state index >= 15 is 0 Å². The fourth-order valence-corrected chi connectivity index (χ4v) is 2.61. The van der Waals surface area contributed by atoms with Crippen LogP contribution in [0.1, 0.15) is 4.88 Å². The zero-order valence-corrected chi connectivity index (χ0v) is 10.1. The fraction of sp³-hybridized carbons (Fsp3) is 0. The van der Waals surface area contributed by atoms with Crippen LogP contribution in [-0.4, -0.2) is 11.0 Å². The van der Waals surface area contributed by atoms with Crippen LogP contribution >= 0.6 is 39.5 Å². The highest BCUT2D eigenvalue weighted by molar-refractivity contribution is 9.10. The predicted molar refractivity (Wildman–Crippen MR) is 63.9 cm³/mol. The lowest BCUT2D eigenvalue weighted by Gasteiger charge is -1.91. The number of hydrogen-bond donors (Lipinski definition) is 2. The number of amides is 1. The molecule has 0 spiro atoms. The molecule has 2 N–H and O–H groups in total. The van der Waals surface area contributed by atoms with E-state index in [0.29, 0.717) is 10.8 Å². The third-order valence-corrected chi connectivity index (χ3v) is 3.44. The molecule has 1 saturated heterocycles. The molecule has 14 heavy (non-hydrogen) atoms. The second-order valence-electron chi connectivity index (χ2n) is 2.63. The van der Waals surface area contributed by atoms with Crippen molar-refractivity contribution in [2.24, 2.45) is 0 Å². The van der Waals surface area contributed by atoms with E-state index in [4.69, 9.17) is 12.2 Å². The molecule has 1 aliphatic heterocycles. The molecule has 0 radical (unpaired) electrons. The Bertz CT molecular complexity index is 438. The second-order valence-corrected chi connectivity index (χ2v) is 4.90. The summed E-state index contributed by atoms with van der Waals surface area (Å²) in [5.74, 6) is -0.181. The molecule has 0 aromatic carbocycles. The van der Waals surface area contributed by atoms with Gasteiger partial charge in [-0.05, 0) is 40.3 Å². The molecule has 1 aromatic rings. The van der Waals surface area contributed by atoms with Gasteiger partial charge in [-0.1, -0.05) is 0 Å². The summed E-state index contributed by atoms with van der Waals surface area (Å²) in [5, 5.41) is 7.60. The average molecular weight is 289 g/mol. The minimum absolute atomic E-state index is 0.181. The Morgan fingerprint density at radius 3 is 2.79 bits per heavy atom. The Morgan fingerprint density at radius 1 is 1.50 bits per heavy atom. The molecular formula is C8H5BrN2OS2. The lowest BCUT2D eigenvalue weighted by atomic mass is 10.3. The first kappa shape index (κ1) is 9.82. The van der Waals surface area contributed by atoms with Crippen LogP contribution in [0.15, 0.2) is 21.6 Å². The Hall–Kier alpha value is -0.720. The largest absolute Gasteiger partial charge is 0.328 e. The maximum atomic E-state index is 11.3. The topological polar surface area (TPSA) is 41.1 Å². The first-order valence-corrected chi connectivity index (χ1v) is 5.81. The number of thiocarbonyl (C=S) groups is 1. The highest BCUT2D eigenvalue weighted by Gasteiger charge is 2.19. The van der Waals surface area contributed by atoms with Crippen molar-refractivity contribution in [3.63, 3.8) is 0 Å². The summed E-state index contributed by atoms with van der Waals surface area (Å²) in [6.07, 6.45) is 1.77. The molecule has 1 fully saturated rings. The van der Waals surface area contributed by atoms with Crippen LogP contribution in [0, 0.1) is 0 Å². The van der Waals surface area contributed by atoms with Gasteiger partial charge in [0.15, 0.2) is 5.11 Å². The monoisotopic (exact) mass is 288 g/mol. The minimum Gasteiger partial charge on any atom is -0.328 e. The van der Waals surface area contributed by atoms with Crippen molar-refractivity contribution in [2.75, 3.05) is 0 Å². The van der Waals surface area contributed by atoms with E-state index in [0.717, 1.165) is 9.35 Å². The maximum absolute atomic E-state index is 11.3. The molecule has 6 heteroatoms. The van der Waals surface area contributed by atoms with E-state index in [2.05, 4.69) is 26.6 Å². The van der Waals surface area contributed by atoms with E-state index in [-0.39, 0.29) is 5.91 Å². The Labute approximate surface area is 98.3 Å². The molecule has 0 unspecified atom stereocenters. The number of halogens is 1. The van der Waals surface area contributed by atoms with Crippen LogP contribution in [0.2, 0.25) is 0 Å². The molecule has 0 atom stereocenters. The van der Waals surface area contributed by atoms with Crippen LogP contribution in [0.5, 0.6) is 0 Å². The summed E-state index contributed by atoms with van der Waals surface area (Å²) in [5.41, 5.74) is 0.490. The molecule has 0 saturated carbocycles. The van der Waals surface area contributed by atoms with Gasteiger partial charge in [0.2, 0.25) is 0 Å². The molecule has 0 aliphatic carbocycles. The molecule has 1 aliphatic rings. The van der Waals surface area contributed by atoms with E-state index in [1.165, 1.54) is 0 Å². The van der Waals surface area contributed by atoms with Crippen LogP contribution in [0.3, 0.4) is 0 Å². The standard InChI is InChI=1S/C8H5BrN2OS2/c9-4-1-5(14-3-4)2-6-7(12)11-8(13)10-6/h1-3H,(H2,10,11,12,13)/b6-2-. The fourth-order valence-electron chi connectivity index (χ4n) is 1.03. The Morgan fingerprint density at radius 2 is 2.29 bits per heavy atom. The summed E-state index contributed by atoms with van der Waals surface area (Å²) in [6.45, 7) is 0. The lowest BCUT2D eigenvalue weighted by Crippen LogP contribution is -2.21. The Balaban J connectivity index is 2.27. The average Bonchev–Trinajstić information content (AvgIpc) is 2.61. The number of carbonyl (C=O) groups is 1. The smallest absolute Gasteiger partial charge is 0.273 e. The zero-order chi connectivity index (χ0) is 10.1. The highest BCUT2D eigenvalue weighted by atomic mass is 79.9. The van der Waals surface area contributed by atoms with Gasteiger partial charge in [0.05, 0.1) is 0 Å². The summed E-state index contributed by atoms with van der Waals surface area (Å²) in [7, 11) is 0. The molecule has 72 valence electrons. The molecule has 3 nitrogen and oxygen atoms in total. The van der Waals surface area contributed by atoms with Crippen molar-refractivity contribution < 1.29 is 4.79 Å². The van der Waals surface area contributed by atoms with Crippen molar-refractivity contribution in [1.29, 1.82) is 0 Å². The van der Waals surface area contributed by atoms with Crippen LogP contribution in [0.25, 0.3) is 6.08 Å².